The molecule has 0 saturated carbocycles. The van der Waals surface area contributed by atoms with E-state index >= 15 is 0 Å². The van der Waals surface area contributed by atoms with Crippen molar-refractivity contribution >= 4 is 5.69 Å². The Morgan fingerprint density at radius 1 is 1.25 bits per heavy atom. The number of likely N-dealkylation sites (tertiary alicyclic amines) is 1. The highest BCUT2D eigenvalue weighted by Gasteiger charge is 2.14. The molecule has 0 aliphatic carbocycles. The Morgan fingerprint density at radius 3 is 2.95 bits per heavy atom. The van der Waals surface area contributed by atoms with Crippen LogP contribution < -0.4 is 5.32 Å². The Bertz CT molecular complexity index is 520. The number of hydrogen-bond acceptors (Lipinski definition) is 4. The SMILES string of the molecule is CN1CCCC(Nc2ccc(-n3ccnc3)nc2)CC1. The third-order valence-corrected chi connectivity index (χ3v) is 3.84. The molecule has 1 fully saturated rings. The van der Waals surface area contributed by atoms with E-state index in [2.05, 4.69) is 33.3 Å². The zero-order valence-corrected chi connectivity index (χ0v) is 11.9. The van der Waals surface area contributed by atoms with Gasteiger partial charge in [-0.05, 0) is 51.5 Å². The smallest absolute Gasteiger partial charge is 0.137 e. The van der Waals surface area contributed by atoms with Crippen molar-refractivity contribution in [2.45, 2.75) is 25.3 Å². The highest BCUT2D eigenvalue weighted by molar-refractivity contribution is 5.44. The standard InChI is InChI=1S/C15H21N5/c1-19-8-2-3-13(6-9-19)18-14-4-5-15(17-11-14)20-10-7-16-12-20/h4-5,7,10-13,18H,2-3,6,8-9H2,1H3. The van der Waals surface area contributed by atoms with Gasteiger partial charge < -0.3 is 10.2 Å². The van der Waals surface area contributed by atoms with E-state index < -0.39 is 0 Å². The van der Waals surface area contributed by atoms with Gasteiger partial charge in [-0.15, -0.1) is 0 Å². The third kappa shape index (κ3) is 3.17. The second-order valence-corrected chi connectivity index (χ2v) is 5.45. The van der Waals surface area contributed by atoms with E-state index in [-0.39, 0.29) is 0 Å². The lowest BCUT2D eigenvalue weighted by molar-refractivity contribution is 0.348. The molecule has 3 rings (SSSR count). The molecule has 1 unspecified atom stereocenters. The fourth-order valence-corrected chi connectivity index (χ4v) is 2.64. The Hall–Kier alpha value is -1.88. The molecule has 1 aliphatic rings. The molecule has 0 radical (unpaired) electrons. The van der Waals surface area contributed by atoms with Crippen molar-refractivity contribution in [3.8, 4) is 5.82 Å². The van der Waals surface area contributed by atoms with Gasteiger partial charge in [0.2, 0.25) is 0 Å². The molecule has 5 heteroatoms. The van der Waals surface area contributed by atoms with Crippen molar-refractivity contribution < 1.29 is 0 Å². The minimum Gasteiger partial charge on any atom is -0.381 e. The van der Waals surface area contributed by atoms with Gasteiger partial charge in [-0.2, -0.15) is 0 Å². The Balaban J connectivity index is 1.63. The number of imidazole rings is 1. The van der Waals surface area contributed by atoms with Crippen LogP contribution in [0.4, 0.5) is 5.69 Å². The largest absolute Gasteiger partial charge is 0.381 e. The third-order valence-electron chi connectivity index (χ3n) is 3.84. The molecule has 0 aromatic carbocycles. The highest BCUT2D eigenvalue weighted by Crippen LogP contribution is 2.16. The average Bonchev–Trinajstić information content (AvgIpc) is 2.92. The number of aromatic nitrogens is 3. The minimum absolute atomic E-state index is 0.556. The molecule has 5 nitrogen and oxygen atoms in total. The average molecular weight is 271 g/mol. The van der Waals surface area contributed by atoms with Crippen molar-refractivity contribution in [3.05, 3.63) is 37.1 Å². The van der Waals surface area contributed by atoms with Crippen molar-refractivity contribution in [2.75, 3.05) is 25.5 Å². The summed E-state index contributed by atoms with van der Waals surface area (Å²) in [6.45, 7) is 2.37. The van der Waals surface area contributed by atoms with Gasteiger partial charge in [0.15, 0.2) is 0 Å². The van der Waals surface area contributed by atoms with E-state index in [1.54, 1.807) is 12.5 Å². The molecular formula is C15H21N5. The summed E-state index contributed by atoms with van der Waals surface area (Å²) in [6, 6.07) is 4.67. The van der Waals surface area contributed by atoms with Gasteiger partial charge in [-0.3, -0.25) is 4.57 Å². The fourth-order valence-electron chi connectivity index (χ4n) is 2.64. The molecule has 0 bridgehead atoms. The maximum absolute atomic E-state index is 4.48. The quantitative estimate of drug-likeness (QED) is 0.929. The summed E-state index contributed by atoms with van der Waals surface area (Å²) in [5.41, 5.74) is 1.10. The van der Waals surface area contributed by atoms with Crippen LogP contribution in [0.15, 0.2) is 37.1 Å². The van der Waals surface area contributed by atoms with Gasteiger partial charge in [0.1, 0.15) is 12.1 Å². The first kappa shape index (κ1) is 13.1. The number of anilines is 1. The normalized spacial score (nSPS) is 20.6. The van der Waals surface area contributed by atoms with Crippen LogP contribution in [-0.2, 0) is 0 Å². The Labute approximate surface area is 119 Å². The Kier molecular flexibility index (Phi) is 3.97. The summed E-state index contributed by atoms with van der Waals surface area (Å²) in [7, 11) is 2.20. The van der Waals surface area contributed by atoms with Gasteiger partial charge in [-0.1, -0.05) is 0 Å². The number of hydrogen-bond donors (Lipinski definition) is 1. The van der Waals surface area contributed by atoms with Crippen LogP contribution in [0.5, 0.6) is 0 Å². The summed E-state index contributed by atoms with van der Waals surface area (Å²) in [4.78, 5) is 10.9. The van der Waals surface area contributed by atoms with Crippen LogP contribution in [0, 0.1) is 0 Å². The van der Waals surface area contributed by atoms with Crippen molar-refractivity contribution in [2.24, 2.45) is 0 Å². The van der Waals surface area contributed by atoms with E-state index in [0.29, 0.717) is 6.04 Å². The van der Waals surface area contributed by atoms with Gasteiger partial charge in [0.05, 0.1) is 11.9 Å². The Morgan fingerprint density at radius 2 is 2.20 bits per heavy atom. The monoisotopic (exact) mass is 271 g/mol. The van der Waals surface area contributed by atoms with Gasteiger partial charge in [0.25, 0.3) is 0 Å². The number of nitrogens with zero attached hydrogens (tertiary/aromatic N) is 4. The van der Waals surface area contributed by atoms with Crippen LogP contribution >= 0.6 is 0 Å². The lowest BCUT2D eigenvalue weighted by Crippen LogP contribution is -2.23. The topological polar surface area (TPSA) is 46.0 Å². The van der Waals surface area contributed by atoms with Crippen LogP contribution in [0.3, 0.4) is 0 Å². The summed E-state index contributed by atoms with van der Waals surface area (Å²) in [5.74, 6) is 0.897. The lowest BCUT2D eigenvalue weighted by atomic mass is 10.1. The van der Waals surface area contributed by atoms with Crippen LogP contribution in [0.2, 0.25) is 0 Å². The van der Waals surface area contributed by atoms with E-state index in [1.165, 1.54) is 25.8 Å². The highest BCUT2D eigenvalue weighted by atomic mass is 15.1. The maximum atomic E-state index is 4.48. The van der Waals surface area contributed by atoms with Crippen LogP contribution in [0.1, 0.15) is 19.3 Å². The molecule has 106 valence electrons. The molecule has 2 aromatic rings. The first-order chi connectivity index (χ1) is 9.81. The molecule has 1 atom stereocenters. The minimum atomic E-state index is 0.556. The van der Waals surface area contributed by atoms with Gasteiger partial charge >= 0.3 is 0 Å². The van der Waals surface area contributed by atoms with E-state index in [0.717, 1.165) is 18.1 Å². The molecule has 1 aliphatic heterocycles. The number of pyridine rings is 1. The molecule has 0 spiro atoms. The number of nitrogens with one attached hydrogen (secondary N) is 1. The van der Waals surface area contributed by atoms with E-state index in [9.17, 15) is 0 Å². The van der Waals surface area contributed by atoms with Crippen LogP contribution in [0.25, 0.3) is 5.82 Å². The van der Waals surface area contributed by atoms with Gasteiger partial charge in [0, 0.05) is 18.4 Å². The van der Waals surface area contributed by atoms with Crippen LogP contribution in [-0.4, -0.2) is 45.6 Å². The zero-order valence-electron chi connectivity index (χ0n) is 11.9. The summed E-state index contributed by atoms with van der Waals surface area (Å²) in [6.07, 6.45) is 11.0. The summed E-state index contributed by atoms with van der Waals surface area (Å²) >= 11 is 0. The van der Waals surface area contributed by atoms with Crippen molar-refractivity contribution in [1.29, 1.82) is 0 Å². The predicted octanol–water partition coefficient (Wildman–Crippen LogP) is 2.16. The first-order valence-electron chi connectivity index (χ1n) is 7.21. The molecular weight excluding hydrogens is 250 g/mol. The van der Waals surface area contributed by atoms with E-state index in [4.69, 9.17) is 0 Å². The van der Waals surface area contributed by atoms with E-state index in [1.807, 2.05) is 23.0 Å². The molecule has 2 aromatic heterocycles. The predicted molar refractivity (Wildman–Crippen MR) is 80.1 cm³/mol. The second-order valence-electron chi connectivity index (χ2n) is 5.45. The molecule has 0 amide bonds. The van der Waals surface area contributed by atoms with Crippen molar-refractivity contribution in [1.82, 2.24) is 19.4 Å². The first-order valence-corrected chi connectivity index (χ1v) is 7.21. The maximum Gasteiger partial charge on any atom is 0.137 e. The number of rotatable bonds is 3. The zero-order chi connectivity index (χ0) is 13.8. The van der Waals surface area contributed by atoms with Gasteiger partial charge in [-0.25, -0.2) is 9.97 Å². The second kappa shape index (κ2) is 6.05. The molecule has 3 heterocycles. The fraction of sp³-hybridized carbons (Fsp3) is 0.467. The summed E-state index contributed by atoms with van der Waals surface area (Å²) < 4.78 is 1.91. The lowest BCUT2D eigenvalue weighted by Gasteiger charge is -2.18. The van der Waals surface area contributed by atoms with Crippen molar-refractivity contribution in [3.63, 3.8) is 0 Å². The summed E-state index contributed by atoms with van der Waals surface area (Å²) in [5, 5.41) is 3.60. The molecule has 1 saturated heterocycles. The molecule has 1 N–H and O–H groups in total. The molecule has 20 heavy (non-hydrogen) atoms.